The van der Waals surface area contributed by atoms with Crippen LogP contribution in [-0.4, -0.2) is 59.8 Å². The topological polar surface area (TPSA) is 166 Å². The minimum atomic E-state index is 0.689. The van der Waals surface area contributed by atoms with Crippen molar-refractivity contribution in [3.05, 3.63) is 132 Å². The Morgan fingerprint density at radius 1 is 0.241 bits per heavy atom. The van der Waals surface area contributed by atoms with Gasteiger partial charge >= 0.3 is 0 Å². The molecule has 16 bridgehead atoms. The highest BCUT2D eigenvalue weighted by Gasteiger charge is 2.24. The van der Waals surface area contributed by atoms with Gasteiger partial charge in [0.05, 0.1) is 67.6 Å². The summed E-state index contributed by atoms with van der Waals surface area (Å²) in [5, 5.41) is 0. The van der Waals surface area contributed by atoms with Crippen LogP contribution in [0.2, 0.25) is 0 Å². The largest absolute Gasteiger partial charge is 0.355 e. The Morgan fingerprint density at radius 3 is 0.741 bits per heavy atom. The molecule has 12 heterocycles. The minimum absolute atomic E-state index is 0.689. The minimum Gasteiger partial charge on any atom is -0.355 e. The number of nitrogens with zero attached hydrogens (tertiary/aromatic N) is 8. The first-order chi connectivity index (χ1) is 28.5. The van der Waals surface area contributed by atoms with Gasteiger partial charge in [0.25, 0.3) is 0 Å². The van der Waals surface area contributed by atoms with Crippen molar-refractivity contribution < 1.29 is 0 Å². The number of fused-ring (bicyclic) bond motifs is 24. The second-order valence-electron chi connectivity index (χ2n) is 14.7. The number of rotatable bonds is 0. The van der Waals surface area contributed by atoms with Gasteiger partial charge in [-0.2, -0.15) is 0 Å². The summed E-state index contributed by atoms with van der Waals surface area (Å²) >= 11 is 0. The Labute approximate surface area is 326 Å². The maximum Gasteiger partial charge on any atom is 0.117 e. The number of aromatic nitrogens is 12. The van der Waals surface area contributed by atoms with Crippen molar-refractivity contribution in [2.24, 2.45) is 0 Å². The molecule has 0 aliphatic carbocycles. The fourth-order valence-electron chi connectivity index (χ4n) is 7.92. The van der Waals surface area contributed by atoms with Crippen molar-refractivity contribution in [1.29, 1.82) is 0 Å². The van der Waals surface area contributed by atoms with E-state index in [0.29, 0.717) is 67.6 Å². The maximum absolute atomic E-state index is 5.20. The Kier molecular flexibility index (Phi) is 6.16. The molecule has 4 aliphatic heterocycles. The highest BCUT2D eigenvalue weighted by Crippen LogP contribution is 2.38. The molecule has 0 amide bonds. The first-order valence-corrected chi connectivity index (χ1v) is 18.8. The highest BCUT2D eigenvalue weighted by molar-refractivity contribution is 5.97. The third-order valence-corrected chi connectivity index (χ3v) is 10.6. The lowest BCUT2D eigenvalue weighted by atomic mass is 10.1. The number of benzene rings is 1. The summed E-state index contributed by atoms with van der Waals surface area (Å²) in [6.45, 7) is 0. The summed E-state index contributed by atoms with van der Waals surface area (Å²) in [6, 6.07) is 36.3. The predicted octanol–water partition coefficient (Wildman–Crippen LogP) is 9.84. The van der Waals surface area contributed by atoms with Crippen LogP contribution in [0.4, 0.5) is 0 Å². The third kappa shape index (κ3) is 5.16. The van der Waals surface area contributed by atoms with E-state index in [1.54, 1.807) is 0 Å². The van der Waals surface area contributed by atoms with E-state index in [1.807, 2.05) is 133 Å². The van der Waals surface area contributed by atoms with E-state index in [-0.39, 0.29) is 0 Å². The molecular weight excluding hydrogens is 721 g/mol. The zero-order chi connectivity index (χ0) is 37.9. The molecule has 0 saturated carbocycles. The monoisotopic (exact) mass is 746 g/mol. The molecule has 13 rings (SSSR count). The van der Waals surface area contributed by atoms with Gasteiger partial charge in [-0.15, -0.1) is 0 Å². The number of nitrogens with one attached hydrogen (secondary N) is 4. The van der Waals surface area contributed by atoms with Crippen molar-refractivity contribution in [1.82, 2.24) is 59.8 Å². The lowest BCUT2D eigenvalue weighted by molar-refractivity contribution is 1.29. The zero-order valence-corrected chi connectivity index (χ0v) is 30.3. The second kappa shape index (κ2) is 11.6. The molecule has 0 unspecified atom stereocenters. The van der Waals surface area contributed by atoms with E-state index in [9.17, 15) is 0 Å². The first kappa shape index (κ1) is 30.9. The van der Waals surface area contributed by atoms with Gasteiger partial charge in [0.1, 0.15) is 22.8 Å². The van der Waals surface area contributed by atoms with Crippen LogP contribution in [0.15, 0.2) is 109 Å². The Bertz CT molecular complexity index is 3240. The normalized spacial score (nSPS) is 12.7. The summed E-state index contributed by atoms with van der Waals surface area (Å²) in [4.78, 5) is 54.4. The van der Waals surface area contributed by atoms with Crippen LogP contribution in [0.25, 0.3) is 136 Å². The summed E-state index contributed by atoms with van der Waals surface area (Å²) in [5.74, 6) is 0. The Morgan fingerprint density at radius 2 is 0.483 bits per heavy atom. The number of hydrogen-bond donors (Lipinski definition) is 4. The summed E-state index contributed by atoms with van der Waals surface area (Å²) < 4.78 is 0. The van der Waals surface area contributed by atoms with Crippen molar-refractivity contribution in [2.45, 2.75) is 0 Å². The van der Waals surface area contributed by atoms with Gasteiger partial charge in [-0.1, -0.05) is 0 Å². The van der Waals surface area contributed by atoms with Gasteiger partial charge in [-0.25, -0.2) is 39.9 Å². The quantitative estimate of drug-likeness (QED) is 0.111. The molecule has 0 atom stereocenters. The number of hydrogen-bond acceptors (Lipinski definition) is 8. The summed E-state index contributed by atoms with van der Waals surface area (Å²) in [7, 11) is 0. The van der Waals surface area contributed by atoms with Gasteiger partial charge in [0.15, 0.2) is 0 Å². The van der Waals surface area contributed by atoms with E-state index < -0.39 is 0 Å². The Balaban J connectivity index is 1.02. The Hall–Kier alpha value is -8.38. The fraction of sp³-hybridized carbons (Fsp3) is 0. The number of H-pyrrole nitrogens is 4. The molecule has 12 nitrogen and oxygen atoms in total. The summed E-state index contributed by atoms with van der Waals surface area (Å²) in [6.07, 6.45) is 8.05. The predicted molar refractivity (Wildman–Crippen MR) is 228 cm³/mol. The van der Waals surface area contributed by atoms with Crippen LogP contribution in [0.1, 0.15) is 22.8 Å². The lowest BCUT2D eigenvalue weighted by Crippen LogP contribution is -1.95. The van der Waals surface area contributed by atoms with Crippen molar-refractivity contribution in [3.8, 4) is 45.6 Å². The molecule has 0 radical (unpaired) electrons. The van der Waals surface area contributed by atoms with Crippen LogP contribution in [0.3, 0.4) is 0 Å². The van der Waals surface area contributed by atoms with E-state index in [1.165, 1.54) is 0 Å². The third-order valence-electron chi connectivity index (χ3n) is 10.6. The molecule has 9 aromatic rings. The number of aromatic amines is 4. The highest BCUT2D eigenvalue weighted by atomic mass is 15.0. The molecule has 1 aromatic carbocycles. The molecule has 0 saturated heterocycles. The van der Waals surface area contributed by atoms with Crippen molar-refractivity contribution in [2.75, 3.05) is 0 Å². The molecule has 8 aromatic heterocycles. The van der Waals surface area contributed by atoms with Gasteiger partial charge in [0.2, 0.25) is 0 Å². The van der Waals surface area contributed by atoms with E-state index in [4.69, 9.17) is 39.9 Å². The van der Waals surface area contributed by atoms with Crippen LogP contribution in [0.5, 0.6) is 0 Å². The molecule has 4 aliphatic rings. The van der Waals surface area contributed by atoms with Gasteiger partial charge in [-0.3, -0.25) is 0 Å². The van der Waals surface area contributed by atoms with Gasteiger partial charge < -0.3 is 19.9 Å². The van der Waals surface area contributed by atoms with Gasteiger partial charge in [0, 0.05) is 44.1 Å². The molecule has 58 heavy (non-hydrogen) atoms. The van der Waals surface area contributed by atoms with E-state index in [2.05, 4.69) is 19.9 Å². The van der Waals surface area contributed by atoms with Crippen LogP contribution >= 0.6 is 0 Å². The average molecular weight is 747 g/mol. The first-order valence-electron chi connectivity index (χ1n) is 18.8. The molecule has 12 heteroatoms. The lowest BCUT2D eigenvalue weighted by Gasteiger charge is -2.06. The molecule has 0 fully saturated rings. The van der Waals surface area contributed by atoms with Crippen LogP contribution < -0.4 is 0 Å². The molecule has 4 N–H and O–H groups in total. The smallest absolute Gasteiger partial charge is 0.117 e. The van der Waals surface area contributed by atoms with Gasteiger partial charge in [-0.05, 0) is 133 Å². The van der Waals surface area contributed by atoms with E-state index >= 15 is 0 Å². The fourth-order valence-corrected chi connectivity index (χ4v) is 7.92. The zero-order valence-electron chi connectivity index (χ0n) is 30.3. The molecule has 270 valence electrons. The second-order valence-corrected chi connectivity index (χ2v) is 14.7. The SMILES string of the molecule is C1=Cc2cc3ccc(cc4nc(cc5ccc(cc1n2)[nH]5)-c1nc2cc5nc6c(nc5cc2nc1-4)-c1cc2ccc(cc4nc(cc5ccc(cc-6n1)[nH]5)C=C4)[nH]2)[nH]3. The maximum atomic E-state index is 5.20. The van der Waals surface area contributed by atoms with Crippen molar-refractivity contribution >= 4 is 90.5 Å². The average Bonchev–Trinajstić information content (AvgIpc) is 4.07. The van der Waals surface area contributed by atoms with Crippen LogP contribution in [0, 0.1) is 0 Å². The van der Waals surface area contributed by atoms with E-state index in [0.717, 1.165) is 66.9 Å². The molecule has 0 spiro atoms. The van der Waals surface area contributed by atoms with Crippen LogP contribution in [-0.2, 0) is 0 Å². The standard InChI is InChI=1S/C46H26N12/c1-2-24-14-28-6-10-32(50-28)18-40-44-43(39(53-40)17-31-9-5-27(49-31)13-23(1)47-24)55-35-21-37-38(22-36(35)56-44)58-46-42-20-34-12-8-30(52-34)16-26-4-3-25(48-26)15-29-7-11-33(51-29)19-41(54-42)45(46)57-37/h1-22,49-52H. The van der Waals surface area contributed by atoms with Crippen molar-refractivity contribution in [3.63, 3.8) is 0 Å². The molecular formula is C46H26N12. The summed E-state index contributed by atoms with van der Waals surface area (Å²) in [5.41, 5.74) is 19.2.